The van der Waals surface area contributed by atoms with Crippen molar-refractivity contribution in [1.82, 2.24) is 20.6 Å². The van der Waals surface area contributed by atoms with Gasteiger partial charge in [-0.3, -0.25) is 9.59 Å². The standard InChI is InChI=1S/C20H24N4O3/c1-4-12(2)17(18-22-14-8-5-6-9-15(14)23-18)24-19(25)13(3)21-20(26)16-10-7-11-27-16/h5-13,17H,4H2,1-3H3,(H,21,26)(H,22,23)(H,24,25)/t12-,13+,17+/m0/s1. The molecule has 2 amide bonds. The van der Waals surface area contributed by atoms with Crippen molar-refractivity contribution >= 4 is 22.8 Å². The molecule has 7 heteroatoms. The quantitative estimate of drug-likeness (QED) is 0.596. The van der Waals surface area contributed by atoms with Crippen LogP contribution in [0.3, 0.4) is 0 Å². The molecule has 3 aromatic rings. The molecular weight excluding hydrogens is 344 g/mol. The van der Waals surface area contributed by atoms with E-state index in [0.717, 1.165) is 17.5 Å². The molecule has 0 aliphatic carbocycles. The number of aromatic amines is 1. The first-order valence-corrected chi connectivity index (χ1v) is 9.09. The topological polar surface area (TPSA) is 100 Å². The summed E-state index contributed by atoms with van der Waals surface area (Å²) in [6.07, 6.45) is 2.29. The van der Waals surface area contributed by atoms with E-state index >= 15 is 0 Å². The molecule has 0 aliphatic heterocycles. The largest absolute Gasteiger partial charge is 0.459 e. The first-order valence-electron chi connectivity index (χ1n) is 9.09. The van der Waals surface area contributed by atoms with Crippen LogP contribution >= 0.6 is 0 Å². The summed E-state index contributed by atoms with van der Waals surface area (Å²) in [6, 6.07) is 9.93. The zero-order chi connectivity index (χ0) is 19.4. The molecule has 2 aromatic heterocycles. The fourth-order valence-corrected chi connectivity index (χ4v) is 2.85. The molecule has 0 fully saturated rings. The van der Waals surface area contributed by atoms with Gasteiger partial charge < -0.3 is 20.0 Å². The third-order valence-corrected chi connectivity index (χ3v) is 4.70. The first-order chi connectivity index (χ1) is 13.0. The van der Waals surface area contributed by atoms with Crippen LogP contribution in [0.4, 0.5) is 0 Å². The Bertz CT molecular complexity index is 883. The van der Waals surface area contributed by atoms with Gasteiger partial charge in [0, 0.05) is 0 Å². The molecule has 0 radical (unpaired) electrons. The number of imidazole rings is 1. The number of para-hydroxylation sites is 2. The van der Waals surface area contributed by atoms with Crippen molar-refractivity contribution in [3.8, 4) is 0 Å². The number of carbonyl (C=O) groups excluding carboxylic acids is 2. The minimum Gasteiger partial charge on any atom is -0.459 e. The van der Waals surface area contributed by atoms with Gasteiger partial charge in [0.15, 0.2) is 5.76 Å². The van der Waals surface area contributed by atoms with Gasteiger partial charge >= 0.3 is 0 Å². The predicted molar refractivity (Wildman–Crippen MR) is 102 cm³/mol. The molecule has 3 rings (SSSR count). The molecule has 0 saturated carbocycles. The third-order valence-electron chi connectivity index (χ3n) is 4.70. The summed E-state index contributed by atoms with van der Waals surface area (Å²) in [7, 11) is 0. The number of carbonyl (C=O) groups is 2. The molecule has 0 bridgehead atoms. The molecular formula is C20H24N4O3. The Labute approximate surface area is 157 Å². The van der Waals surface area contributed by atoms with Crippen LogP contribution in [0.5, 0.6) is 0 Å². The molecule has 0 saturated heterocycles. The minimum atomic E-state index is -0.710. The number of benzene rings is 1. The zero-order valence-electron chi connectivity index (χ0n) is 15.7. The van der Waals surface area contributed by atoms with Crippen molar-refractivity contribution in [3.63, 3.8) is 0 Å². The Morgan fingerprint density at radius 3 is 2.59 bits per heavy atom. The lowest BCUT2D eigenvalue weighted by Gasteiger charge is -2.24. The monoisotopic (exact) mass is 368 g/mol. The molecule has 7 nitrogen and oxygen atoms in total. The van der Waals surface area contributed by atoms with E-state index in [1.165, 1.54) is 6.26 Å². The molecule has 0 spiro atoms. The van der Waals surface area contributed by atoms with Crippen molar-refractivity contribution in [1.29, 1.82) is 0 Å². The Hall–Kier alpha value is -3.09. The fraction of sp³-hybridized carbons (Fsp3) is 0.350. The molecule has 27 heavy (non-hydrogen) atoms. The number of amides is 2. The van der Waals surface area contributed by atoms with Crippen molar-refractivity contribution in [2.45, 2.75) is 39.3 Å². The van der Waals surface area contributed by atoms with Crippen LogP contribution in [0.2, 0.25) is 0 Å². The van der Waals surface area contributed by atoms with E-state index < -0.39 is 11.9 Å². The van der Waals surface area contributed by atoms with Crippen LogP contribution in [0, 0.1) is 5.92 Å². The molecule has 3 atom stereocenters. The van der Waals surface area contributed by atoms with E-state index in [1.54, 1.807) is 19.1 Å². The van der Waals surface area contributed by atoms with Gasteiger partial charge in [0.1, 0.15) is 11.9 Å². The van der Waals surface area contributed by atoms with Crippen LogP contribution < -0.4 is 10.6 Å². The number of hydrogen-bond donors (Lipinski definition) is 3. The van der Waals surface area contributed by atoms with Crippen molar-refractivity contribution in [2.75, 3.05) is 0 Å². The van der Waals surface area contributed by atoms with Gasteiger partial charge in [-0.2, -0.15) is 0 Å². The van der Waals surface area contributed by atoms with Gasteiger partial charge in [0.2, 0.25) is 5.91 Å². The number of hydrogen-bond acceptors (Lipinski definition) is 4. The zero-order valence-corrected chi connectivity index (χ0v) is 15.7. The van der Waals surface area contributed by atoms with Gasteiger partial charge in [-0.05, 0) is 37.1 Å². The molecule has 2 heterocycles. The fourth-order valence-electron chi connectivity index (χ4n) is 2.85. The number of nitrogens with zero attached hydrogens (tertiary/aromatic N) is 1. The van der Waals surface area contributed by atoms with E-state index in [4.69, 9.17) is 4.42 Å². The lowest BCUT2D eigenvalue weighted by atomic mass is 9.98. The van der Waals surface area contributed by atoms with Crippen molar-refractivity contribution in [3.05, 3.63) is 54.2 Å². The highest BCUT2D eigenvalue weighted by atomic mass is 16.3. The Morgan fingerprint density at radius 1 is 1.15 bits per heavy atom. The maximum absolute atomic E-state index is 12.7. The predicted octanol–water partition coefficient (Wildman–Crippen LogP) is 3.18. The van der Waals surface area contributed by atoms with Crippen LogP contribution in [-0.4, -0.2) is 27.8 Å². The summed E-state index contributed by atoms with van der Waals surface area (Å²) in [6.45, 7) is 5.77. The van der Waals surface area contributed by atoms with Crippen molar-refractivity contribution in [2.24, 2.45) is 5.92 Å². The van der Waals surface area contributed by atoms with Gasteiger partial charge in [-0.25, -0.2) is 4.98 Å². The lowest BCUT2D eigenvalue weighted by molar-refractivity contribution is -0.123. The normalized spacial score (nSPS) is 14.5. The van der Waals surface area contributed by atoms with Crippen LogP contribution in [0.15, 0.2) is 47.1 Å². The van der Waals surface area contributed by atoms with E-state index in [0.29, 0.717) is 5.82 Å². The highest BCUT2D eigenvalue weighted by Gasteiger charge is 2.26. The molecule has 3 N–H and O–H groups in total. The van der Waals surface area contributed by atoms with E-state index in [-0.39, 0.29) is 23.6 Å². The summed E-state index contributed by atoms with van der Waals surface area (Å²) in [5.74, 6) is 0.350. The molecule has 142 valence electrons. The number of furan rings is 1. The highest BCUT2D eigenvalue weighted by Crippen LogP contribution is 2.24. The highest BCUT2D eigenvalue weighted by molar-refractivity contribution is 5.95. The average molecular weight is 368 g/mol. The maximum Gasteiger partial charge on any atom is 0.287 e. The van der Waals surface area contributed by atoms with E-state index in [2.05, 4.69) is 34.4 Å². The lowest BCUT2D eigenvalue weighted by Crippen LogP contribution is -2.47. The average Bonchev–Trinajstić information content (AvgIpc) is 3.34. The summed E-state index contributed by atoms with van der Waals surface area (Å²) in [5, 5.41) is 5.66. The Kier molecular flexibility index (Phi) is 5.59. The SMILES string of the molecule is CC[C@H](C)[C@@H](NC(=O)[C@@H](C)NC(=O)c1ccco1)c1nc2ccccc2[nH]1. The van der Waals surface area contributed by atoms with Gasteiger partial charge in [-0.1, -0.05) is 32.4 Å². The summed E-state index contributed by atoms with van der Waals surface area (Å²) < 4.78 is 5.06. The number of fused-ring (bicyclic) bond motifs is 1. The van der Waals surface area contributed by atoms with Gasteiger partial charge in [0.05, 0.1) is 23.3 Å². The second-order valence-corrected chi connectivity index (χ2v) is 6.68. The maximum atomic E-state index is 12.7. The van der Waals surface area contributed by atoms with Gasteiger partial charge in [0.25, 0.3) is 5.91 Å². The van der Waals surface area contributed by atoms with Gasteiger partial charge in [-0.15, -0.1) is 0 Å². The number of rotatable bonds is 7. The summed E-state index contributed by atoms with van der Waals surface area (Å²) >= 11 is 0. The second-order valence-electron chi connectivity index (χ2n) is 6.68. The Balaban J connectivity index is 1.73. The summed E-state index contributed by atoms with van der Waals surface area (Å²) in [5.41, 5.74) is 1.78. The van der Waals surface area contributed by atoms with Crippen molar-refractivity contribution < 1.29 is 14.0 Å². The minimum absolute atomic E-state index is 0.169. The Morgan fingerprint density at radius 2 is 1.93 bits per heavy atom. The number of nitrogens with one attached hydrogen (secondary N) is 3. The third kappa shape index (κ3) is 4.19. The first kappa shape index (κ1) is 18.7. The molecule has 0 aliphatic rings. The molecule has 1 aromatic carbocycles. The number of H-pyrrole nitrogens is 1. The number of aromatic nitrogens is 2. The molecule has 0 unspecified atom stereocenters. The van der Waals surface area contributed by atoms with Crippen LogP contribution in [0.25, 0.3) is 11.0 Å². The second kappa shape index (κ2) is 8.07. The van der Waals surface area contributed by atoms with E-state index in [9.17, 15) is 9.59 Å². The van der Waals surface area contributed by atoms with Crippen LogP contribution in [-0.2, 0) is 4.79 Å². The van der Waals surface area contributed by atoms with E-state index in [1.807, 2.05) is 24.3 Å². The smallest absolute Gasteiger partial charge is 0.287 e. The van der Waals surface area contributed by atoms with Crippen LogP contribution in [0.1, 0.15) is 49.6 Å². The summed E-state index contributed by atoms with van der Waals surface area (Å²) in [4.78, 5) is 32.7.